The molecule has 146 valence electrons. The number of para-hydroxylation sites is 1. The molecule has 0 spiro atoms. The van der Waals surface area contributed by atoms with Crippen molar-refractivity contribution < 1.29 is 19.0 Å². The number of benzene rings is 2. The SMILES string of the molecule is COc1ccc(OC)c(-c2csc(NC(=O)COc3c(Cl)cccc3Cl)n2)c1. The van der Waals surface area contributed by atoms with E-state index >= 15 is 0 Å². The van der Waals surface area contributed by atoms with Gasteiger partial charge in [0.25, 0.3) is 5.91 Å². The summed E-state index contributed by atoms with van der Waals surface area (Å²) >= 11 is 13.3. The number of thiazole rings is 1. The van der Waals surface area contributed by atoms with Crippen molar-refractivity contribution in [2.24, 2.45) is 0 Å². The fraction of sp³-hybridized carbons (Fsp3) is 0.158. The molecule has 0 radical (unpaired) electrons. The third-order valence-electron chi connectivity index (χ3n) is 3.70. The molecule has 0 bridgehead atoms. The van der Waals surface area contributed by atoms with Crippen LogP contribution in [-0.2, 0) is 4.79 Å². The van der Waals surface area contributed by atoms with Crippen LogP contribution >= 0.6 is 34.5 Å². The Morgan fingerprint density at radius 3 is 2.57 bits per heavy atom. The van der Waals surface area contributed by atoms with E-state index in [1.807, 2.05) is 11.4 Å². The first-order valence-corrected chi connectivity index (χ1v) is 9.70. The van der Waals surface area contributed by atoms with E-state index < -0.39 is 0 Å². The van der Waals surface area contributed by atoms with Crippen molar-refractivity contribution in [3.8, 4) is 28.5 Å². The third kappa shape index (κ3) is 4.67. The lowest BCUT2D eigenvalue weighted by molar-refractivity contribution is -0.118. The first kappa shape index (κ1) is 20.3. The third-order valence-corrected chi connectivity index (χ3v) is 5.05. The van der Waals surface area contributed by atoms with E-state index in [1.54, 1.807) is 44.6 Å². The highest BCUT2D eigenvalue weighted by Gasteiger charge is 2.14. The monoisotopic (exact) mass is 438 g/mol. The average Bonchev–Trinajstić information content (AvgIpc) is 3.15. The molecule has 3 aromatic rings. The van der Waals surface area contributed by atoms with Crippen LogP contribution in [0.5, 0.6) is 17.2 Å². The van der Waals surface area contributed by atoms with Crippen molar-refractivity contribution in [2.75, 3.05) is 26.1 Å². The molecule has 1 N–H and O–H groups in total. The van der Waals surface area contributed by atoms with Gasteiger partial charge in [-0.15, -0.1) is 11.3 Å². The maximum Gasteiger partial charge on any atom is 0.264 e. The lowest BCUT2D eigenvalue weighted by atomic mass is 10.1. The Kier molecular flexibility index (Phi) is 6.61. The first-order chi connectivity index (χ1) is 13.5. The minimum Gasteiger partial charge on any atom is -0.497 e. The zero-order chi connectivity index (χ0) is 20.1. The Bertz CT molecular complexity index is 974. The Hall–Kier alpha value is -2.48. The molecule has 3 rings (SSSR count). The zero-order valence-corrected chi connectivity index (χ0v) is 17.3. The summed E-state index contributed by atoms with van der Waals surface area (Å²) in [5.41, 5.74) is 1.42. The lowest BCUT2D eigenvalue weighted by Gasteiger charge is -2.09. The van der Waals surface area contributed by atoms with Crippen LogP contribution in [0, 0.1) is 0 Å². The second-order valence-electron chi connectivity index (χ2n) is 5.49. The van der Waals surface area contributed by atoms with Crippen molar-refractivity contribution in [3.63, 3.8) is 0 Å². The van der Waals surface area contributed by atoms with E-state index in [0.717, 1.165) is 5.56 Å². The molecule has 0 fully saturated rings. The van der Waals surface area contributed by atoms with Crippen LogP contribution in [0.3, 0.4) is 0 Å². The average molecular weight is 439 g/mol. The van der Waals surface area contributed by atoms with Gasteiger partial charge in [0.15, 0.2) is 17.5 Å². The largest absolute Gasteiger partial charge is 0.497 e. The molecule has 1 amide bonds. The van der Waals surface area contributed by atoms with Crippen molar-refractivity contribution in [3.05, 3.63) is 51.8 Å². The van der Waals surface area contributed by atoms with Crippen LogP contribution in [0.15, 0.2) is 41.8 Å². The molecule has 9 heteroatoms. The smallest absolute Gasteiger partial charge is 0.264 e. The Labute approximate surface area is 176 Å². The van der Waals surface area contributed by atoms with Gasteiger partial charge in [-0.25, -0.2) is 4.98 Å². The molecule has 2 aromatic carbocycles. The number of hydrogen-bond donors (Lipinski definition) is 1. The van der Waals surface area contributed by atoms with Gasteiger partial charge in [-0.2, -0.15) is 0 Å². The summed E-state index contributed by atoms with van der Waals surface area (Å²) in [6.07, 6.45) is 0. The van der Waals surface area contributed by atoms with Gasteiger partial charge >= 0.3 is 0 Å². The number of nitrogens with one attached hydrogen (secondary N) is 1. The van der Waals surface area contributed by atoms with E-state index in [0.29, 0.717) is 32.4 Å². The number of nitrogens with zero attached hydrogens (tertiary/aromatic N) is 1. The van der Waals surface area contributed by atoms with Crippen LogP contribution in [0.1, 0.15) is 0 Å². The molecule has 0 unspecified atom stereocenters. The number of amides is 1. The molecule has 6 nitrogen and oxygen atoms in total. The summed E-state index contributed by atoms with van der Waals surface area (Å²) in [4.78, 5) is 16.6. The number of rotatable bonds is 7. The number of carbonyl (C=O) groups is 1. The number of methoxy groups -OCH3 is 2. The number of carbonyl (C=O) groups excluding carboxylic acids is 1. The fourth-order valence-corrected chi connectivity index (χ4v) is 3.62. The molecular weight excluding hydrogens is 423 g/mol. The highest BCUT2D eigenvalue weighted by atomic mass is 35.5. The van der Waals surface area contributed by atoms with Gasteiger partial charge in [-0.3, -0.25) is 10.1 Å². The molecule has 28 heavy (non-hydrogen) atoms. The Morgan fingerprint density at radius 1 is 1.14 bits per heavy atom. The van der Waals surface area contributed by atoms with Gasteiger partial charge in [-0.1, -0.05) is 29.3 Å². The second-order valence-corrected chi connectivity index (χ2v) is 7.16. The lowest BCUT2D eigenvalue weighted by Crippen LogP contribution is -2.20. The van der Waals surface area contributed by atoms with Crippen LogP contribution < -0.4 is 19.5 Å². The molecule has 0 aliphatic rings. The predicted molar refractivity (Wildman–Crippen MR) is 111 cm³/mol. The van der Waals surface area contributed by atoms with Crippen LogP contribution in [0.4, 0.5) is 5.13 Å². The summed E-state index contributed by atoms with van der Waals surface area (Å²) in [5.74, 6) is 1.22. The van der Waals surface area contributed by atoms with Gasteiger partial charge in [0, 0.05) is 10.9 Å². The predicted octanol–water partition coefficient (Wildman–Crippen LogP) is 5.15. The molecule has 0 aliphatic carbocycles. The molecular formula is C19H16Cl2N2O4S. The van der Waals surface area contributed by atoms with E-state index in [2.05, 4.69) is 10.3 Å². The summed E-state index contributed by atoms with van der Waals surface area (Å²) in [5, 5.41) is 5.61. The standard InChI is InChI=1S/C19H16Cl2N2O4S/c1-25-11-6-7-16(26-2)12(8-11)15-10-28-19(22-15)23-17(24)9-27-18-13(20)4-3-5-14(18)21/h3-8,10H,9H2,1-2H3,(H,22,23,24). The van der Waals surface area contributed by atoms with Gasteiger partial charge in [-0.05, 0) is 30.3 Å². The van der Waals surface area contributed by atoms with Crippen LogP contribution in [-0.4, -0.2) is 31.7 Å². The Morgan fingerprint density at radius 2 is 1.89 bits per heavy atom. The second kappa shape index (κ2) is 9.14. The minimum absolute atomic E-state index is 0.249. The van der Waals surface area contributed by atoms with Crippen molar-refractivity contribution in [1.82, 2.24) is 4.98 Å². The van der Waals surface area contributed by atoms with E-state index in [9.17, 15) is 4.79 Å². The highest BCUT2D eigenvalue weighted by molar-refractivity contribution is 7.14. The number of anilines is 1. The van der Waals surface area contributed by atoms with Gasteiger partial charge in [0.1, 0.15) is 11.5 Å². The maximum absolute atomic E-state index is 12.2. The normalized spacial score (nSPS) is 10.4. The van der Waals surface area contributed by atoms with Crippen molar-refractivity contribution in [1.29, 1.82) is 0 Å². The maximum atomic E-state index is 12.2. The molecule has 1 aromatic heterocycles. The minimum atomic E-state index is -0.380. The topological polar surface area (TPSA) is 69.7 Å². The number of ether oxygens (including phenoxy) is 3. The summed E-state index contributed by atoms with van der Waals surface area (Å²) in [7, 11) is 3.17. The van der Waals surface area contributed by atoms with E-state index in [-0.39, 0.29) is 18.3 Å². The fourth-order valence-electron chi connectivity index (χ4n) is 2.38. The van der Waals surface area contributed by atoms with Crippen LogP contribution in [0.25, 0.3) is 11.3 Å². The summed E-state index contributed by atoms with van der Waals surface area (Å²) < 4.78 is 16.1. The van der Waals surface area contributed by atoms with Gasteiger partial charge < -0.3 is 14.2 Å². The number of aromatic nitrogens is 1. The summed E-state index contributed by atoms with van der Waals surface area (Å²) in [6, 6.07) is 10.4. The van der Waals surface area contributed by atoms with E-state index in [4.69, 9.17) is 37.4 Å². The zero-order valence-electron chi connectivity index (χ0n) is 15.0. The van der Waals surface area contributed by atoms with E-state index in [1.165, 1.54) is 11.3 Å². The van der Waals surface area contributed by atoms with Crippen molar-refractivity contribution in [2.45, 2.75) is 0 Å². The number of hydrogen-bond acceptors (Lipinski definition) is 6. The van der Waals surface area contributed by atoms with Gasteiger partial charge in [0.05, 0.1) is 30.0 Å². The number of halogens is 2. The molecule has 0 saturated carbocycles. The highest BCUT2D eigenvalue weighted by Crippen LogP contribution is 2.35. The van der Waals surface area contributed by atoms with Crippen LogP contribution in [0.2, 0.25) is 10.0 Å². The molecule has 1 heterocycles. The molecule has 0 atom stereocenters. The van der Waals surface area contributed by atoms with Crippen molar-refractivity contribution >= 4 is 45.6 Å². The molecule has 0 aliphatic heterocycles. The molecule has 0 saturated heterocycles. The quantitative estimate of drug-likeness (QED) is 0.551. The first-order valence-electron chi connectivity index (χ1n) is 8.06. The van der Waals surface area contributed by atoms with Gasteiger partial charge in [0.2, 0.25) is 0 Å². The summed E-state index contributed by atoms with van der Waals surface area (Å²) in [6.45, 7) is -0.249. The Balaban J connectivity index is 1.69.